The molecule has 1 atom stereocenters. The molecule has 0 spiro atoms. The lowest BCUT2D eigenvalue weighted by molar-refractivity contribution is -0.123. The molecule has 0 radical (unpaired) electrons. The molecule has 0 fully saturated rings. The first-order valence-electron chi connectivity index (χ1n) is 12.5. The second kappa shape index (κ2) is 11.6. The number of amidine groups is 1. The molecule has 0 saturated carbocycles. The third kappa shape index (κ3) is 6.32. The number of amides is 2. The summed E-state index contributed by atoms with van der Waals surface area (Å²) in [6, 6.07) is 0. The first kappa shape index (κ1) is 27.1. The van der Waals surface area contributed by atoms with Crippen molar-refractivity contribution in [3.05, 3.63) is 39.7 Å². The first-order chi connectivity index (χ1) is 17.7. The molecule has 2 amide bonds. The zero-order chi connectivity index (χ0) is 26.7. The monoisotopic (exact) mass is 543 g/mol. The van der Waals surface area contributed by atoms with Gasteiger partial charge in [0.25, 0.3) is 5.91 Å². The number of thiophene rings is 1. The van der Waals surface area contributed by atoms with E-state index in [1.807, 2.05) is 27.1 Å². The number of nitrogens with one attached hydrogen (secondary N) is 1. The Labute approximate surface area is 225 Å². The van der Waals surface area contributed by atoms with E-state index in [1.165, 1.54) is 23.1 Å². The summed E-state index contributed by atoms with van der Waals surface area (Å²) in [4.78, 5) is 46.1. The van der Waals surface area contributed by atoms with Gasteiger partial charge in [0.1, 0.15) is 10.7 Å². The molecule has 0 aromatic carbocycles. The van der Waals surface area contributed by atoms with Crippen molar-refractivity contribution in [2.45, 2.75) is 47.0 Å². The fourth-order valence-corrected chi connectivity index (χ4v) is 6.61. The zero-order valence-corrected chi connectivity index (χ0v) is 23.5. The molecule has 4 rings (SSSR count). The van der Waals surface area contributed by atoms with E-state index in [9.17, 15) is 14.4 Å². The van der Waals surface area contributed by atoms with Crippen molar-refractivity contribution in [3.63, 3.8) is 0 Å². The summed E-state index contributed by atoms with van der Waals surface area (Å²) in [5, 5.41) is 8.12. The Bertz CT molecular complexity index is 1260. The molecule has 1 aliphatic carbocycles. The van der Waals surface area contributed by atoms with Crippen LogP contribution in [0.3, 0.4) is 0 Å². The van der Waals surface area contributed by atoms with Crippen molar-refractivity contribution in [2.24, 2.45) is 23.9 Å². The zero-order valence-electron chi connectivity index (χ0n) is 21.9. The lowest BCUT2D eigenvalue weighted by Gasteiger charge is -2.19. The van der Waals surface area contributed by atoms with Crippen molar-refractivity contribution in [1.29, 1.82) is 0 Å². The van der Waals surface area contributed by atoms with Crippen molar-refractivity contribution in [2.75, 3.05) is 24.2 Å². The van der Waals surface area contributed by atoms with Crippen LogP contribution in [-0.4, -0.2) is 56.5 Å². The highest BCUT2D eigenvalue weighted by molar-refractivity contribution is 8.14. The number of aromatic nitrogens is 2. The lowest BCUT2D eigenvalue weighted by atomic mass is 9.88. The van der Waals surface area contributed by atoms with Gasteiger partial charge in [-0.05, 0) is 49.7 Å². The van der Waals surface area contributed by atoms with Crippen LogP contribution in [-0.2, 0) is 34.2 Å². The SMILES string of the molecule is CCOC(=O)c1c(NC(=O)CSC2=N/C(=C/c3cnn(C)c3)C(=O)N2CC(C)C)sc2c1CCC(C)C2. The average Bonchev–Trinajstić information content (AvgIpc) is 3.48. The minimum atomic E-state index is -0.392. The summed E-state index contributed by atoms with van der Waals surface area (Å²) in [6.45, 7) is 8.81. The van der Waals surface area contributed by atoms with Crippen molar-refractivity contribution < 1.29 is 19.1 Å². The molecule has 1 unspecified atom stereocenters. The number of hydrogen-bond acceptors (Lipinski definition) is 8. The Morgan fingerprint density at radius 1 is 1.38 bits per heavy atom. The fraction of sp³-hybridized carbons (Fsp3) is 0.500. The molecule has 37 heavy (non-hydrogen) atoms. The van der Waals surface area contributed by atoms with Gasteiger partial charge in [-0.25, -0.2) is 9.79 Å². The summed E-state index contributed by atoms with van der Waals surface area (Å²) in [6.07, 6.45) is 7.90. The number of rotatable bonds is 8. The van der Waals surface area contributed by atoms with E-state index in [4.69, 9.17) is 4.74 Å². The number of aliphatic imine (C=N–C) groups is 1. The molecule has 198 valence electrons. The molecule has 9 nitrogen and oxygen atoms in total. The van der Waals surface area contributed by atoms with Crippen LogP contribution in [0.15, 0.2) is 23.1 Å². The molecule has 11 heteroatoms. The van der Waals surface area contributed by atoms with Gasteiger partial charge in [0.2, 0.25) is 5.91 Å². The summed E-state index contributed by atoms with van der Waals surface area (Å²) in [5.74, 6) is -0.0113. The highest BCUT2D eigenvalue weighted by atomic mass is 32.2. The first-order valence-corrected chi connectivity index (χ1v) is 14.3. The Kier molecular flexibility index (Phi) is 8.53. The Hall–Kier alpha value is -2.92. The van der Waals surface area contributed by atoms with Crippen molar-refractivity contribution in [1.82, 2.24) is 14.7 Å². The lowest BCUT2D eigenvalue weighted by Crippen LogP contribution is -2.34. The molecule has 2 aromatic heterocycles. The number of anilines is 1. The molecule has 0 bridgehead atoms. The number of fused-ring (bicyclic) bond motifs is 1. The van der Waals surface area contributed by atoms with Crippen LogP contribution in [0.1, 0.15) is 60.5 Å². The van der Waals surface area contributed by atoms with Crippen LogP contribution in [0.4, 0.5) is 5.00 Å². The average molecular weight is 544 g/mol. The van der Waals surface area contributed by atoms with E-state index >= 15 is 0 Å². The number of thioether (sulfide) groups is 1. The summed E-state index contributed by atoms with van der Waals surface area (Å²) in [5.41, 5.74) is 2.60. The Balaban J connectivity index is 1.50. The van der Waals surface area contributed by atoms with Crippen LogP contribution >= 0.6 is 23.1 Å². The Morgan fingerprint density at radius 3 is 2.84 bits per heavy atom. The largest absolute Gasteiger partial charge is 0.462 e. The number of aryl methyl sites for hydroxylation is 1. The number of carbonyl (C=O) groups excluding carboxylic acids is 3. The third-order valence-corrected chi connectivity index (χ3v) is 8.21. The van der Waals surface area contributed by atoms with E-state index in [2.05, 4.69) is 22.3 Å². The van der Waals surface area contributed by atoms with Gasteiger partial charge in [-0.15, -0.1) is 11.3 Å². The minimum Gasteiger partial charge on any atom is -0.462 e. The maximum atomic E-state index is 13.1. The molecule has 1 N–H and O–H groups in total. The van der Waals surface area contributed by atoms with Crippen LogP contribution in [0.25, 0.3) is 6.08 Å². The number of nitrogens with zero attached hydrogens (tertiary/aromatic N) is 4. The molecule has 0 saturated heterocycles. The molecule has 3 heterocycles. The predicted octanol–water partition coefficient (Wildman–Crippen LogP) is 4.35. The highest BCUT2D eigenvalue weighted by Gasteiger charge is 2.32. The maximum absolute atomic E-state index is 13.1. The maximum Gasteiger partial charge on any atom is 0.341 e. The normalized spacial score (nSPS) is 18.4. The fourth-order valence-electron chi connectivity index (χ4n) is 4.39. The topological polar surface area (TPSA) is 106 Å². The van der Waals surface area contributed by atoms with E-state index in [0.717, 1.165) is 35.3 Å². The summed E-state index contributed by atoms with van der Waals surface area (Å²) in [7, 11) is 1.81. The second-order valence-electron chi connectivity index (χ2n) is 9.79. The minimum absolute atomic E-state index is 0.0577. The van der Waals surface area contributed by atoms with Crippen molar-refractivity contribution >= 4 is 57.1 Å². The Morgan fingerprint density at radius 2 is 2.16 bits per heavy atom. The van der Waals surface area contributed by atoms with Crippen LogP contribution in [0.5, 0.6) is 0 Å². The number of ether oxygens (including phenoxy) is 1. The second-order valence-corrected chi connectivity index (χ2v) is 11.8. The number of hydrogen-bond donors (Lipinski definition) is 1. The van der Waals surface area contributed by atoms with Crippen LogP contribution in [0.2, 0.25) is 0 Å². The van der Waals surface area contributed by atoms with Gasteiger partial charge in [0, 0.05) is 30.2 Å². The van der Waals surface area contributed by atoms with Gasteiger partial charge in [-0.2, -0.15) is 5.10 Å². The van der Waals surface area contributed by atoms with Gasteiger partial charge in [0.15, 0.2) is 5.17 Å². The van der Waals surface area contributed by atoms with Gasteiger partial charge < -0.3 is 10.1 Å². The van der Waals surface area contributed by atoms with Crippen molar-refractivity contribution in [3.8, 4) is 0 Å². The quantitative estimate of drug-likeness (QED) is 0.392. The molecule has 2 aromatic rings. The standard InChI is InChI=1S/C26H33N5O4S2/c1-6-35-25(34)22-18-8-7-16(4)9-20(18)37-23(22)29-21(32)14-36-26-28-19(10-17-11-27-30(5)13-17)24(33)31(26)12-15(2)3/h10-11,13,15-16H,6-9,12,14H2,1-5H3,(H,29,32)/b19-10+. The molecular weight excluding hydrogens is 510 g/mol. The molecular formula is C26H33N5O4S2. The third-order valence-electron chi connectivity index (χ3n) is 6.06. The van der Waals surface area contributed by atoms with E-state index in [-0.39, 0.29) is 30.1 Å². The van der Waals surface area contributed by atoms with Gasteiger partial charge in [-0.1, -0.05) is 32.5 Å². The summed E-state index contributed by atoms with van der Waals surface area (Å²) < 4.78 is 6.97. The van der Waals surface area contributed by atoms with Gasteiger partial charge in [0.05, 0.1) is 24.1 Å². The molecule has 2 aliphatic rings. The van der Waals surface area contributed by atoms with E-state index in [1.54, 1.807) is 28.8 Å². The smallest absolute Gasteiger partial charge is 0.341 e. The predicted molar refractivity (Wildman–Crippen MR) is 148 cm³/mol. The number of carbonyl (C=O) groups is 3. The van der Waals surface area contributed by atoms with Crippen LogP contribution in [0, 0.1) is 11.8 Å². The van der Waals surface area contributed by atoms with E-state index < -0.39 is 5.97 Å². The highest BCUT2D eigenvalue weighted by Crippen LogP contribution is 2.40. The van der Waals surface area contributed by atoms with Crippen LogP contribution < -0.4 is 5.32 Å². The number of esters is 1. The van der Waals surface area contributed by atoms with Gasteiger partial charge in [-0.3, -0.25) is 19.2 Å². The summed E-state index contributed by atoms with van der Waals surface area (Å²) >= 11 is 2.68. The van der Waals surface area contributed by atoms with E-state index in [0.29, 0.717) is 33.9 Å². The van der Waals surface area contributed by atoms with Gasteiger partial charge >= 0.3 is 5.97 Å². The molecule has 1 aliphatic heterocycles.